The fourth-order valence-corrected chi connectivity index (χ4v) is 7.85. The van der Waals surface area contributed by atoms with Gasteiger partial charge in [-0.25, -0.2) is 0 Å². The predicted octanol–water partition coefficient (Wildman–Crippen LogP) is 8.91. The van der Waals surface area contributed by atoms with Crippen molar-refractivity contribution in [3.63, 3.8) is 0 Å². The number of esters is 3. The van der Waals surface area contributed by atoms with E-state index in [2.05, 4.69) is 19.2 Å². The summed E-state index contributed by atoms with van der Waals surface area (Å²) >= 11 is 0. The molecular formula is C42H79N3O8S2. The Labute approximate surface area is 342 Å². The van der Waals surface area contributed by atoms with Crippen LogP contribution in [0.2, 0.25) is 0 Å². The fourth-order valence-electron chi connectivity index (χ4n) is 5.85. The van der Waals surface area contributed by atoms with Gasteiger partial charge in [-0.3, -0.25) is 24.0 Å². The number of carbonyl (C=O) groups excluding carboxylic acids is 5. The SMILES string of the molecule is CCCCCCCCCCCC(=O)OC[C@@H](COC(=O)CCC(=O)NCCSSCCCC(=O)C(N)CCCCN)OC(=O)CCCCCCCCCCC. The Hall–Kier alpha value is -1.83. The van der Waals surface area contributed by atoms with Crippen LogP contribution >= 0.6 is 21.6 Å². The highest BCUT2D eigenvalue weighted by molar-refractivity contribution is 8.76. The van der Waals surface area contributed by atoms with Gasteiger partial charge >= 0.3 is 17.9 Å². The fraction of sp³-hybridized carbons (Fsp3) is 0.881. The first-order chi connectivity index (χ1) is 26.7. The highest BCUT2D eigenvalue weighted by atomic mass is 33.1. The Morgan fingerprint density at radius 2 is 1.04 bits per heavy atom. The Morgan fingerprint density at radius 3 is 1.58 bits per heavy atom. The molecule has 0 aliphatic rings. The molecule has 0 aromatic heterocycles. The van der Waals surface area contributed by atoms with Crippen LogP contribution in [0.4, 0.5) is 0 Å². The molecule has 0 radical (unpaired) electrons. The van der Waals surface area contributed by atoms with Crippen LogP contribution in [-0.2, 0) is 38.2 Å². The summed E-state index contributed by atoms with van der Waals surface area (Å²) < 4.78 is 16.4. The molecule has 0 aliphatic heterocycles. The maximum atomic E-state index is 12.6. The van der Waals surface area contributed by atoms with Crippen molar-refractivity contribution in [3.8, 4) is 0 Å². The molecule has 1 amide bonds. The molecule has 0 bridgehead atoms. The lowest BCUT2D eigenvalue weighted by molar-refractivity contribution is -0.167. The van der Waals surface area contributed by atoms with Crippen LogP contribution in [0.5, 0.6) is 0 Å². The van der Waals surface area contributed by atoms with Gasteiger partial charge in [0.1, 0.15) is 19.0 Å². The molecule has 0 saturated heterocycles. The second-order valence-corrected chi connectivity index (χ2v) is 17.3. The third kappa shape index (κ3) is 37.5. The Morgan fingerprint density at radius 1 is 0.545 bits per heavy atom. The van der Waals surface area contributed by atoms with Gasteiger partial charge in [-0.1, -0.05) is 145 Å². The average molecular weight is 818 g/mol. The van der Waals surface area contributed by atoms with E-state index in [1.165, 1.54) is 77.0 Å². The van der Waals surface area contributed by atoms with Crippen molar-refractivity contribution in [2.75, 3.05) is 37.8 Å². The van der Waals surface area contributed by atoms with E-state index >= 15 is 0 Å². The van der Waals surface area contributed by atoms with Crippen molar-refractivity contribution in [2.24, 2.45) is 11.5 Å². The number of ketones is 1. The van der Waals surface area contributed by atoms with E-state index in [9.17, 15) is 24.0 Å². The molecule has 0 heterocycles. The number of ether oxygens (including phenoxy) is 3. The summed E-state index contributed by atoms with van der Waals surface area (Å²) in [4.78, 5) is 61.9. The number of amides is 1. The van der Waals surface area contributed by atoms with Crippen LogP contribution in [0, 0.1) is 0 Å². The minimum atomic E-state index is -0.901. The van der Waals surface area contributed by atoms with E-state index in [-0.39, 0.29) is 50.1 Å². The zero-order valence-corrected chi connectivity index (χ0v) is 36.4. The highest BCUT2D eigenvalue weighted by Crippen LogP contribution is 2.22. The predicted molar refractivity (Wildman–Crippen MR) is 228 cm³/mol. The summed E-state index contributed by atoms with van der Waals surface area (Å²) in [5.74, 6) is 0.00303. The van der Waals surface area contributed by atoms with E-state index in [1.54, 1.807) is 21.6 Å². The second kappa shape index (κ2) is 40.4. The zero-order valence-electron chi connectivity index (χ0n) is 34.7. The third-order valence-corrected chi connectivity index (χ3v) is 11.8. The van der Waals surface area contributed by atoms with E-state index in [4.69, 9.17) is 25.7 Å². The standard InChI is InChI=1S/C42H79N3O8S2/c1-3-5-7-9-11-13-15-17-19-26-40(48)51-34-36(53-42(50)27-20-18-16-14-12-10-8-6-4-2)35-52-41(49)29-28-39(47)45-31-33-55-54-32-23-25-38(46)37(44)24-21-22-30-43/h36-37H,3-35,43-44H2,1-2H3,(H,45,47)/t36-,37?/m0/s1. The molecule has 0 rings (SSSR count). The normalized spacial score (nSPS) is 12.2. The average Bonchev–Trinajstić information content (AvgIpc) is 3.17. The summed E-state index contributed by atoms with van der Waals surface area (Å²) in [6.07, 6.45) is 23.7. The van der Waals surface area contributed by atoms with Gasteiger partial charge in [0, 0.05) is 43.7 Å². The summed E-state index contributed by atoms with van der Waals surface area (Å²) in [7, 11) is 3.27. The van der Waals surface area contributed by atoms with E-state index in [0.29, 0.717) is 38.1 Å². The molecule has 0 aromatic carbocycles. The number of hydrogen-bond acceptors (Lipinski definition) is 12. The van der Waals surface area contributed by atoms with Crippen molar-refractivity contribution >= 4 is 51.2 Å². The molecule has 0 saturated carbocycles. The number of nitrogens with two attached hydrogens (primary N) is 2. The van der Waals surface area contributed by atoms with Gasteiger partial charge in [0.05, 0.1) is 12.5 Å². The van der Waals surface area contributed by atoms with Gasteiger partial charge in [0.25, 0.3) is 0 Å². The van der Waals surface area contributed by atoms with Crippen LogP contribution in [-0.4, -0.2) is 79.6 Å². The molecule has 13 heteroatoms. The molecule has 55 heavy (non-hydrogen) atoms. The summed E-state index contributed by atoms with van der Waals surface area (Å²) in [6.45, 7) is 5.07. The van der Waals surface area contributed by atoms with Crippen LogP contribution in [0.3, 0.4) is 0 Å². The summed E-state index contributed by atoms with van der Waals surface area (Å²) in [6, 6.07) is -0.404. The Balaban J connectivity index is 4.41. The smallest absolute Gasteiger partial charge is 0.306 e. The molecule has 5 N–H and O–H groups in total. The van der Waals surface area contributed by atoms with Crippen LogP contribution < -0.4 is 16.8 Å². The van der Waals surface area contributed by atoms with Crippen LogP contribution in [0.25, 0.3) is 0 Å². The first-order valence-electron chi connectivity index (χ1n) is 21.7. The van der Waals surface area contributed by atoms with Gasteiger partial charge < -0.3 is 31.0 Å². The topological polar surface area (TPSA) is 177 Å². The Kier molecular flexibility index (Phi) is 39.0. The largest absolute Gasteiger partial charge is 0.462 e. The molecule has 0 aliphatic carbocycles. The van der Waals surface area contributed by atoms with E-state index < -0.39 is 24.1 Å². The maximum absolute atomic E-state index is 12.6. The first kappa shape index (κ1) is 53.2. The van der Waals surface area contributed by atoms with Crippen molar-refractivity contribution < 1.29 is 38.2 Å². The van der Waals surface area contributed by atoms with Gasteiger partial charge in [0.2, 0.25) is 5.91 Å². The highest BCUT2D eigenvalue weighted by Gasteiger charge is 2.20. The zero-order chi connectivity index (χ0) is 40.6. The van der Waals surface area contributed by atoms with Gasteiger partial charge in [-0.2, -0.15) is 0 Å². The molecule has 0 aromatic rings. The lowest BCUT2D eigenvalue weighted by atomic mass is 10.0. The Bertz CT molecular complexity index is 975. The number of hydrogen-bond donors (Lipinski definition) is 3. The molecule has 2 atom stereocenters. The maximum Gasteiger partial charge on any atom is 0.306 e. The number of nitrogens with one attached hydrogen (secondary N) is 1. The summed E-state index contributed by atoms with van der Waals surface area (Å²) in [5, 5.41) is 2.80. The third-order valence-electron chi connectivity index (χ3n) is 9.31. The van der Waals surface area contributed by atoms with Gasteiger partial charge in [-0.15, -0.1) is 0 Å². The molecular weight excluding hydrogens is 739 g/mol. The molecule has 11 nitrogen and oxygen atoms in total. The van der Waals surface area contributed by atoms with Crippen molar-refractivity contribution in [1.82, 2.24) is 5.32 Å². The minimum absolute atomic E-state index is 0.0267. The number of carbonyl (C=O) groups is 5. The van der Waals surface area contributed by atoms with Gasteiger partial charge in [-0.05, 0) is 38.6 Å². The molecule has 0 fully saturated rings. The quantitative estimate of drug-likeness (QED) is 0.0231. The van der Waals surface area contributed by atoms with Crippen LogP contribution in [0.15, 0.2) is 0 Å². The van der Waals surface area contributed by atoms with Crippen molar-refractivity contribution in [2.45, 2.75) is 199 Å². The summed E-state index contributed by atoms with van der Waals surface area (Å²) in [5.41, 5.74) is 11.4. The lowest BCUT2D eigenvalue weighted by Crippen LogP contribution is -2.31. The van der Waals surface area contributed by atoms with Crippen LogP contribution in [0.1, 0.15) is 187 Å². The minimum Gasteiger partial charge on any atom is -0.462 e. The lowest BCUT2D eigenvalue weighted by Gasteiger charge is -2.18. The molecule has 1 unspecified atom stereocenters. The van der Waals surface area contributed by atoms with E-state index in [0.717, 1.165) is 63.5 Å². The number of unbranched alkanes of at least 4 members (excludes halogenated alkanes) is 17. The monoisotopic (exact) mass is 818 g/mol. The van der Waals surface area contributed by atoms with E-state index in [1.807, 2.05) is 0 Å². The number of rotatable bonds is 41. The first-order valence-corrected chi connectivity index (χ1v) is 24.2. The molecule has 0 spiro atoms. The molecule has 322 valence electrons. The number of Topliss-reactive ketones (excluding diaryl/α,β-unsaturated/α-hetero) is 1. The van der Waals surface area contributed by atoms with Crippen molar-refractivity contribution in [3.05, 3.63) is 0 Å². The van der Waals surface area contributed by atoms with Gasteiger partial charge in [0.15, 0.2) is 6.10 Å². The van der Waals surface area contributed by atoms with Crippen molar-refractivity contribution in [1.29, 1.82) is 0 Å². The second-order valence-electron chi connectivity index (χ2n) is 14.6.